The van der Waals surface area contributed by atoms with Crippen molar-refractivity contribution in [3.05, 3.63) is 58.9 Å². The Bertz CT molecular complexity index is 1140. The van der Waals surface area contributed by atoms with Crippen LogP contribution in [-0.2, 0) is 10.0 Å². The number of H-pyrrole nitrogens is 1. The largest absolute Gasteiger partial charge is 0.342 e. The molecular weight excluding hydrogens is 412 g/mol. The lowest BCUT2D eigenvalue weighted by molar-refractivity contribution is 0.0938. The molecule has 0 unspecified atom stereocenters. The van der Waals surface area contributed by atoms with Gasteiger partial charge in [-0.25, -0.2) is 13.4 Å². The molecule has 2 aromatic carbocycles. The smallest absolute Gasteiger partial charge is 0.251 e. The highest BCUT2D eigenvalue weighted by atomic mass is 35.5. The average molecular weight is 433 g/mol. The Balaban J connectivity index is 1.57. The van der Waals surface area contributed by atoms with Gasteiger partial charge < -0.3 is 10.3 Å². The Kier molecular flexibility index (Phi) is 5.33. The minimum absolute atomic E-state index is 0.0369. The molecule has 1 aliphatic rings. The molecule has 0 aliphatic carbocycles. The maximum atomic E-state index is 12.9. The van der Waals surface area contributed by atoms with E-state index in [2.05, 4.69) is 15.3 Å². The first-order valence-corrected chi connectivity index (χ1v) is 11.2. The van der Waals surface area contributed by atoms with Crippen LogP contribution in [0.1, 0.15) is 42.0 Å². The predicted molar refractivity (Wildman–Crippen MR) is 111 cm³/mol. The van der Waals surface area contributed by atoms with Crippen molar-refractivity contribution >= 4 is 38.6 Å². The summed E-state index contributed by atoms with van der Waals surface area (Å²) < 4.78 is 27.1. The molecule has 3 aromatic rings. The van der Waals surface area contributed by atoms with Crippen molar-refractivity contribution in [2.45, 2.75) is 30.7 Å². The van der Waals surface area contributed by atoms with Gasteiger partial charge in [-0.15, -0.1) is 0 Å². The number of hydrogen-bond donors (Lipinski definition) is 2. The van der Waals surface area contributed by atoms with E-state index in [9.17, 15) is 13.2 Å². The molecule has 2 N–H and O–H groups in total. The second kappa shape index (κ2) is 7.78. The van der Waals surface area contributed by atoms with E-state index >= 15 is 0 Å². The van der Waals surface area contributed by atoms with Gasteiger partial charge in [0.1, 0.15) is 10.7 Å². The topological polar surface area (TPSA) is 95.2 Å². The van der Waals surface area contributed by atoms with Gasteiger partial charge in [0.2, 0.25) is 10.0 Å². The van der Waals surface area contributed by atoms with Crippen molar-refractivity contribution in [3.63, 3.8) is 0 Å². The van der Waals surface area contributed by atoms with Gasteiger partial charge in [0, 0.05) is 18.7 Å². The van der Waals surface area contributed by atoms with Gasteiger partial charge in [0.05, 0.1) is 22.1 Å². The first-order valence-electron chi connectivity index (χ1n) is 9.41. The van der Waals surface area contributed by atoms with Gasteiger partial charge in [-0.1, -0.05) is 23.7 Å². The minimum atomic E-state index is -3.72. The third kappa shape index (κ3) is 3.88. The summed E-state index contributed by atoms with van der Waals surface area (Å²) in [6.07, 6.45) is 1.65. The fourth-order valence-corrected chi connectivity index (χ4v) is 5.45. The number of rotatable bonds is 5. The number of nitrogens with one attached hydrogen (secondary N) is 2. The van der Waals surface area contributed by atoms with Crippen molar-refractivity contribution < 1.29 is 13.2 Å². The number of fused-ring (bicyclic) bond motifs is 1. The number of para-hydroxylation sites is 2. The molecule has 0 spiro atoms. The lowest BCUT2D eigenvalue weighted by Crippen LogP contribution is -2.29. The summed E-state index contributed by atoms with van der Waals surface area (Å²) in [6, 6.07) is 11.5. The van der Waals surface area contributed by atoms with Crippen molar-refractivity contribution in [1.82, 2.24) is 19.6 Å². The molecular formula is C20H21ClN4O3S. The number of aromatic nitrogens is 2. The number of aromatic amines is 1. The van der Waals surface area contributed by atoms with Crippen molar-refractivity contribution in [2.75, 3.05) is 13.1 Å². The molecule has 1 aromatic heterocycles. The zero-order chi connectivity index (χ0) is 20.6. The first kappa shape index (κ1) is 19.9. The molecule has 1 aliphatic heterocycles. The van der Waals surface area contributed by atoms with Crippen LogP contribution in [0.3, 0.4) is 0 Å². The quantitative estimate of drug-likeness (QED) is 0.645. The molecule has 0 radical (unpaired) electrons. The van der Waals surface area contributed by atoms with Crippen LogP contribution in [0.15, 0.2) is 47.4 Å². The number of carbonyl (C=O) groups excluding carboxylic acids is 1. The molecule has 29 heavy (non-hydrogen) atoms. The second-order valence-corrected chi connectivity index (χ2v) is 9.40. The molecule has 0 bridgehead atoms. The van der Waals surface area contributed by atoms with E-state index < -0.39 is 15.9 Å². The fourth-order valence-electron chi connectivity index (χ4n) is 3.44. The predicted octanol–water partition coefficient (Wildman–Crippen LogP) is 3.49. The highest BCUT2D eigenvalue weighted by Crippen LogP contribution is 2.28. The molecule has 1 saturated heterocycles. The van der Waals surface area contributed by atoms with Gasteiger partial charge in [-0.05, 0) is 50.1 Å². The number of nitrogens with zero attached hydrogens (tertiary/aromatic N) is 2. The monoisotopic (exact) mass is 432 g/mol. The zero-order valence-electron chi connectivity index (χ0n) is 15.9. The molecule has 4 rings (SSSR count). The molecule has 7 nitrogen and oxygen atoms in total. The van der Waals surface area contributed by atoms with Gasteiger partial charge >= 0.3 is 0 Å². The number of benzene rings is 2. The molecule has 152 valence electrons. The van der Waals surface area contributed by atoms with E-state index in [1.54, 1.807) is 0 Å². The third-order valence-corrected chi connectivity index (χ3v) is 7.42. The zero-order valence-corrected chi connectivity index (χ0v) is 17.4. The van der Waals surface area contributed by atoms with E-state index in [-0.39, 0.29) is 21.5 Å². The van der Waals surface area contributed by atoms with Crippen LogP contribution in [0.5, 0.6) is 0 Å². The number of carbonyl (C=O) groups is 1. The van der Waals surface area contributed by atoms with E-state index in [4.69, 9.17) is 11.6 Å². The Labute approximate surface area is 174 Å². The summed E-state index contributed by atoms with van der Waals surface area (Å²) in [5, 5.41) is 2.97. The number of sulfonamides is 1. The van der Waals surface area contributed by atoms with Gasteiger partial charge in [-0.2, -0.15) is 4.31 Å². The van der Waals surface area contributed by atoms with Gasteiger partial charge in [0.25, 0.3) is 5.91 Å². The van der Waals surface area contributed by atoms with Crippen LogP contribution in [0.25, 0.3) is 11.0 Å². The number of halogens is 1. The normalized spacial score (nSPS) is 16.2. The third-order valence-electron chi connectivity index (χ3n) is 5.04. The average Bonchev–Trinajstić information content (AvgIpc) is 3.38. The lowest BCUT2D eigenvalue weighted by atomic mass is 10.2. The van der Waals surface area contributed by atoms with Crippen molar-refractivity contribution in [3.8, 4) is 0 Å². The summed E-state index contributed by atoms with van der Waals surface area (Å²) >= 11 is 6.16. The summed E-state index contributed by atoms with van der Waals surface area (Å²) in [5.74, 6) is 0.228. The van der Waals surface area contributed by atoms with Gasteiger partial charge in [-0.3, -0.25) is 4.79 Å². The SMILES string of the molecule is C[C@@H](NC(=O)c1ccc(Cl)c(S(=O)(=O)N2CCCC2)c1)c1nc2ccccc2[nH]1. The number of imidazole rings is 1. The lowest BCUT2D eigenvalue weighted by Gasteiger charge is -2.17. The van der Waals surface area contributed by atoms with Crippen LogP contribution in [0.4, 0.5) is 0 Å². The Morgan fingerprint density at radius 1 is 1.21 bits per heavy atom. The van der Waals surface area contributed by atoms with E-state index in [1.165, 1.54) is 22.5 Å². The summed E-state index contributed by atoms with van der Waals surface area (Å²) in [6.45, 7) is 2.75. The molecule has 9 heteroatoms. The van der Waals surface area contributed by atoms with Crippen LogP contribution in [0.2, 0.25) is 5.02 Å². The second-order valence-electron chi connectivity index (χ2n) is 7.09. The molecule has 0 saturated carbocycles. The Morgan fingerprint density at radius 2 is 1.93 bits per heavy atom. The molecule has 1 atom stereocenters. The minimum Gasteiger partial charge on any atom is -0.342 e. The first-order chi connectivity index (χ1) is 13.9. The summed E-state index contributed by atoms with van der Waals surface area (Å²) in [7, 11) is -3.72. The molecule has 1 fully saturated rings. The molecule has 2 heterocycles. The van der Waals surface area contributed by atoms with E-state index in [0.29, 0.717) is 18.9 Å². The Hall–Kier alpha value is -2.42. The van der Waals surface area contributed by atoms with Gasteiger partial charge in [0.15, 0.2) is 0 Å². The van der Waals surface area contributed by atoms with Crippen LogP contribution in [-0.4, -0.2) is 41.7 Å². The number of hydrogen-bond acceptors (Lipinski definition) is 4. The van der Waals surface area contributed by atoms with Crippen LogP contribution in [0, 0.1) is 0 Å². The standard InChI is InChI=1S/C20H21ClN4O3S/c1-13(19-23-16-6-2-3-7-17(16)24-19)22-20(26)14-8-9-15(21)18(12-14)29(27,28)25-10-4-5-11-25/h2-3,6-9,12-13H,4-5,10-11H2,1H3,(H,22,26)(H,23,24)/t13-/m1/s1. The van der Waals surface area contributed by atoms with Crippen LogP contribution >= 0.6 is 11.6 Å². The maximum absolute atomic E-state index is 12.9. The highest BCUT2D eigenvalue weighted by molar-refractivity contribution is 7.89. The fraction of sp³-hybridized carbons (Fsp3) is 0.300. The van der Waals surface area contributed by atoms with Crippen molar-refractivity contribution in [1.29, 1.82) is 0 Å². The Morgan fingerprint density at radius 3 is 2.66 bits per heavy atom. The maximum Gasteiger partial charge on any atom is 0.251 e. The summed E-state index contributed by atoms with van der Waals surface area (Å²) in [4.78, 5) is 20.4. The van der Waals surface area contributed by atoms with E-state index in [1.807, 2.05) is 31.2 Å². The molecule has 1 amide bonds. The van der Waals surface area contributed by atoms with E-state index in [0.717, 1.165) is 23.9 Å². The van der Waals surface area contributed by atoms with Crippen LogP contribution < -0.4 is 5.32 Å². The number of amides is 1. The summed E-state index contributed by atoms with van der Waals surface area (Å²) in [5.41, 5.74) is 1.93. The highest BCUT2D eigenvalue weighted by Gasteiger charge is 2.30. The van der Waals surface area contributed by atoms with Crippen molar-refractivity contribution in [2.24, 2.45) is 0 Å².